The second kappa shape index (κ2) is 10.5. The molecule has 0 atom stereocenters. The highest BCUT2D eigenvalue weighted by atomic mass is 32.2. The Morgan fingerprint density at radius 1 is 0.658 bits per heavy atom. The van der Waals surface area contributed by atoms with Crippen LogP contribution in [-0.2, 0) is 10.0 Å². The fourth-order valence-corrected chi connectivity index (χ4v) is 5.59. The number of rotatable bonds is 7. The van der Waals surface area contributed by atoms with Crippen LogP contribution in [0.25, 0.3) is 21.7 Å². The molecule has 38 heavy (non-hydrogen) atoms. The molecule has 0 aliphatic rings. The van der Waals surface area contributed by atoms with Crippen molar-refractivity contribution < 1.29 is 8.42 Å². The van der Waals surface area contributed by atoms with Gasteiger partial charge in [0.2, 0.25) is 5.95 Å². The molecule has 8 nitrogen and oxygen atoms in total. The minimum atomic E-state index is -3.81. The minimum Gasteiger partial charge on any atom is -0.377 e. The lowest BCUT2D eigenvalue weighted by Gasteiger charge is -2.17. The zero-order chi connectivity index (χ0) is 26.2. The average Bonchev–Trinajstić information content (AvgIpc) is 2.88. The van der Waals surface area contributed by atoms with Crippen LogP contribution in [0.3, 0.4) is 0 Å². The normalized spacial score (nSPS) is 11.2. The molecule has 4 aromatic carbocycles. The maximum absolute atomic E-state index is 13.3. The number of nitrogens with zero attached hydrogens (tertiary/aromatic N) is 4. The van der Waals surface area contributed by atoms with Crippen LogP contribution in [0.4, 0.5) is 28.8 Å². The molecule has 1 aromatic heterocycles. The standard InChI is InChI=1S/C28H28N6O2S.CH4/c1-33(2)25-13-7-11-22-21(25)10-8-14-26(22)37(35,36)32-20-17-15-19(16-18-20)29-28-30-24-12-6-5-9-23(24)27(31-28)34(3)4;/h5-18,32H,1-4H3,(H,29,30,31);1H4. The van der Waals surface area contributed by atoms with Crippen LogP contribution in [0.5, 0.6) is 0 Å². The van der Waals surface area contributed by atoms with Crippen LogP contribution in [0, 0.1) is 0 Å². The summed E-state index contributed by atoms with van der Waals surface area (Å²) in [5.41, 5.74) is 2.99. The molecule has 5 aromatic rings. The molecule has 0 bridgehead atoms. The van der Waals surface area contributed by atoms with Crippen molar-refractivity contribution in [1.29, 1.82) is 0 Å². The second-order valence-corrected chi connectivity index (χ2v) is 10.8. The third-order valence-corrected chi connectivity index (χ3v) is 7.47. The molecule has 1 heterocycles. The van der Waals surface area contributed by atoms with E-state index in [1.807, 2.05) is 86.5 Å². The Kier molecular flexibility index (Phi) is 7.41. The molecule has 0 aliphatic carbocycles. The van der Waals surface area contributed by atoms with Gasteiger partial charge in [0.05, 0.1) is 10.4 Å². The van der Waals surface area contributed by atoms with E-state index in [-0.39, 0.29) is 12.3 Å². The SMILES string of the molecule is C.CN(C)c1nc(Nc2ccc(NS(=O)(=O)c3cccc4c(N(C)C)cccc34)cc2)nc2ccccc12. The quantitative estimate of drug-likeness (QED) is 0.264. The number of anilines is 5. The van der Waals surface area contributed by atoms with Crippen molar-refractivity contribution in [2.24, 2.45) is 0 Å². The first-order valence-electron chi connectivity index (χ1n) is 11.8. The molecule has 9 heteroatoms. The van der Waals surface area contributed by atoms with Gasteiger partial charge in [-0.3, -0.25) is 4.72 Å². The first-order valence-corrected chi connectivity index (χ1v) is 13.2. The van der Waals surface area contributed by atoms with Gasteiger partial charge in [0, 0.05) is 61.4 Å². The van der Waals surface area contributed by atoms with Gasteiger partial charge in [-0.2, -0.15) is 4.98 Å². The third-order valence-electron chi connectivity index (χ3n) is 6.03. The molecule has 2 N–H and O–H groups in total. The molecule has 0 saturated heterocycles. The summed E-state index contributed by atoms with van der Waals surface area (Å²) in [6, 6.07) is 25.8. The highest BCUT2D eigenvalue weighted by Crippen LogP contribution is 2.31. The molecule has 0 fully saturated rings. The van der Waals surface area contributed by atoms with Gasteiger partial charge in [-0.25, -0.2) is 13.4 Å². The van der Waals surface area contributed by atoms with Gasteiger partial charge >= 0.3 is 0 Å². The molecular formula is C29H32N6O2S. The number of para-hydroxylation sites is 1. The minimum absolute atomic E-state index is 0. The van der Waals surface area contributed by atoms with E-state index in [0.717, 1.165) is 33.5 Å². The molecule has 0 saturated carbocycles. The molecular weight excluding hydrogens is 496 g/mol. The average molecular weight is 529 g/mol. The van der Waals surface area contributed by atoms with Gasteiger partial charge in [-0.1, -0.05) is 43.8 Å². The van der Waals surface area contributed by atoms with Crippen LogP contribution in [-0.4, -0.2) is 46.6 Å². The number of hydrogen-bond donors (Lipinski definition) is 2. The Morgan fingerprint density at radius 2 is 1.29 bits per heavy atom. The highest BCUT2D eigenvalue weighted by molar-refractivity contribution is 7.93. The first-order chi connectivity index (χ1) is 17.7. The van der Waals surface area contributed by atoms with Gasteiger partial charge < -0.3 is 15.1 Å². The predicted molar refractivity (Wildman–Crippen MR) is 159 cm³/mol. The van der Waals surface area contributed by atoms with Crippen LogP contribution in [0.15, 0.2) is 89.8 Å². The number of hydrogen-bond acceptors (Lipinski definition) is 7. The van der Waals surface area contributed by atoms with Crippen LogP contribution >= 0.6 is 0 Å². The lowest BCUT2D eigenvalue weighted by molar-refractivity contribution is 0.602. The maximum Gasteiger partial charge on any atom is 0.262 e. The summed E-state index contributed by atoms with van der Waals surface area (Å²) in [5, 5.41) is 5.74. The van der Waals surface area contributed by atoms with E-state index in [9.17, 15) is 8.42 Å². The van der Waals surface area contributed by atoms with Gasteiger partial charge in [0.1, 0.15) is 5.82 Å². The zero-order valence-electron chi connectivity index (χ0n) is 21.1. The Bertz CT molecular complexity index is 1700. The Balaban J connectivity index is 0.00000336. The summed E-state index contributed by atoms with van der Waals surface area (Å²) in [6.07, 6.45) is 0. The number of fused-ring (bicyclic) bond motifs is 2. The zero-order valence-corrected chi connectivity index (χ0v) is 21.9. The van der Waals surface area contributed by atoms with E-state index in [1.165, 1.54) is 0 Å². The van der Waals surface area contributed by atoms with E-state index in [1.54, 1.807) is 36.4 Å². The smallest absolute Gasteiger partial charge is 0.262 e. The molecule has 0 spiro atoms. The number of sulfonamides is 1. The van der Waals surface area contributed by atoms with E-state index in [0.29, 0.717) is 17.0 Å². The van der Waals surface area contributed by atoms with Crippen LogP contribution < -0.4 is 19.8 Å². The van der Waals surface area contributed by atoms with E-state index >= 15 is 0 Å². The molecule has 196 valence electrons. The summed E-state index contributed by atoms with van der Waals surface area (Å²) in [5.74, 6) is 1.27. The van der Waals surface area contributed by atoms with Crippen molar-refractivity contribution in [3.8, 4) is 0 Å². The summed E-state index contributed by atoms with van der Waals surface area (Å²) in [7, 11) is 3.95. The van der Waals surface area contributed by atoms with E-state index < -0.39 is 10.0 Å². The summed E-state index contributed by atoms with van der Waals surface area (Å²) in [6.45, 7) is 0. The number of nitrogens with one attached hydrogen (secondary N) is 2. The molecule has 0 unspecified atom stereocenters. The van der Waals surface area contributed by atoms with Gasteiger partial charge in [0.15, 0.2) is 0 Å². The fourth-order valence-electron chi connectivity index (χ4n) is 4.31. The second-order valence-electron chi connectivity index (χ2n) is 9.11. The topological polar surface area (TPSA) is 90.5 Å². The van der Waals surface area contributed by atoms with Crippen molar-refractivity contribution >= 4 is 60.5 Å². The summed E-state index contributed by atoms with van der Waals surface area (Å²) in [4.78, 5) is 13.4. The molecule has 5 rings (SSSR count). The third kappa shape index (κ3) is 5.19. The van der Waals surface area contributed by atoms with E-state index in [2.05, 4.69) is 20.0 Å². The van der Waals surface area contributed by atoms with Crippen molar-refractivity contribution in [2.75, 3.05) is 48.0 Å². The fraction of sp³-hybridized carbons (Fsp3) is 0.172. The number of aromatic nitrogens is 2. The molecule has 0 aliphatic heterocycles. The van der Waals surface area contributed by atoms with Crippen molar-refractivity contribution in [2.45, 2.75) is 12.3 Å². The monoisotopic (exact) mass is 528 g/mol. The van der Waals surface area contributed by atoms with Crippen molar-refractivity contribution in [3.05, 3.63) is 84.9 Å². The summed E-state index contributed by atoms with van der Waals surface area (Å²) < 4.78 is 29.4. The van der Waals surface area contributed by atoms with Gasteiger partial charge in [-0.05, 0) is 48.5 Å². The predicted octanol–water partition coefficient (Wildman–Crippen LogP) is 6.10. The first kappa shape index (κ1) is 26.7. The number of benzene rings is 4. The Labute approximate surface area is 224 Å². The highest BCUT2D eigenvalue weighted by Gasteiger charge is 2.19. The van der Waals surface area contributed by atoms with Crippen molar-refractivity contribution in [3.63, 3.8) is 0 Å². The van der Waals surface area contributed by atoms with Gasteiger partial charge in [-0.15, -0.1) is 0 Å². The lowest BCUT2D eigenvalue weighted by atomic mass is 10.1. The molecule has 0 radical (unpaired) electrons. The molecule has 0 amide bonds. The van der Waals surface area contributed by atoms with E-state index in [4.69, 9.17) is 0 Å². The van der Waals surface area contributed by atoms with Crippen LogP contribution in [0.1, 0.15) is 7.43 Å². The largest absolute Gasteiger partial charge is 0.377 e. The lowest BCUT2D eigenvalue weighted by Crippen LogP contribution is -2.14. The van der Waals surface area contributed by atoms with Crippen LogP contribution in [0.2, 0.25) is 0 Å². The Morgan fingerprint density at radius 3 is 2.00 bits per heavy atom. The van der Waals surface area contributed by atoms with Gasteiger partial charge in [0.25, 0.3) is 10.0 Å². The Hall–Kier alpha value is -4.37. The summed E-state index contributed by atoms with van der Waals surface area (Å²) >= 11 is 0. The maximum atomic E-state index is 13.3. The van der Waals surface area contributed by atoms with Crippen molar-refractivity contribution in [1.82, 2.24) is 9.97 Å².